The van der Waals surface area contributed by atoms with E-state index in [1.165, 1.54) is 0 Å². The average Bonchev–Trinajstić information content (AvgIpc) is 3.00. The van der Waals surface area contributed by atoms with Crippen LogP contribution in [0.2, 0.25) is 0 Å². The molecule has 3 N–H and O–H groups in total. The number of anilines is 1. The monoisotopic (exact) mass is 284 g/mol. The fourth-order valence-electron chi connectivity index (χ4n) is 2.90. The molecule has 5 heteroatoms. The van der Waals surface area contributed by atoms with Crippen LogP contribution < -0.4 is 11.1 Å². The third-order valence-corrected chi connectivity index (χ3v) is 4.04. The standard InChI is InChI=1S/C16H20N4O/c17-16-12(3-1-7-19-16)11-15(21)14-4-2-10-20(14)13-5-8-18-9-6-13/h1-4,7,10,13,18H,5-6,8-9,11H2,(H2,17,19). The molecule has 0 aromatic carbocycles. The van der Waals surface area contributed by atoms with Crippen LogP contribution in [0.25, 0.3) is 0 Å². The molecule has 0 spiro atoms. The number of hydrogen-bond donors (Lipinski definition) is 2. The number of rotatable bonds is 4. The maximum Gasteiger partial charge on any atom is 0.183 e. The van der Waals surface area contributed by atoms with E-state index in [1.807, 2.05) is 30.5 Å². The molecule has 1 aliphatic rings. The fraction of sp³-hybridized carbons (Fsp3) is 0.375. The van der Waals surface area contributed by atoms with Crippen LogP contribution in [0.3, 0.4) is 0 Å². The molecule has 2 aromatic rings. The second kappa shape index (κ2) is 6.10. The lowest BCUT2D eigenvalue weighted by Crippen LogP contribution is -2.30. The van der Waals surface area contributed by atoms with E-state index in [2.05, 4.69) is 14.9 Å². The van der Waals surface area contributed by atoms with E-state index in [0.717, 1.165) is 37.2 Å². The van der Waals surface area contributed by atoms with Crippen molar-refractivity contribution in [3.63, 3.8) is 0 Å². The van der Waals surface area contributed by atoms with E-state index in [-0.39, 0.29) is 5.78 Å². The molecule has 2 aromatic heterocycles. The van der Waals surface area contributed by atoms with E-state index in [0.29, 0.717) is 18.3 Å². The summed E-state index contributed by atoms with van der Waals surface area (Å²) in [5, 5.41) is 3.35. The van der Waals surface area contributed by atoms with E-state index < -0.39 is 0 Å². The number of hydrogen-bond acceptors (Lipinski definition) is 4. The molecule has 3 heterocycles. The van der Waals surface area contributed by atoms with E-state index in [1.54, 1.807) is 6.20 Å². The Morgan fingerprint density at radius 1 is 1.33 bits per heavy atom. The van der Waals surface area contributed by atoms with Gasteiger partial charge in [-0.3, -0.25) is 4.79 Å². The Morgan fingerprint density at radius 2 is 2.14 bits per heavy atom. The Morgan fingerprint density at radius 3 is 2.90 bits per heavy atom. The highest BCUT2D eigenvalue weighted by atomic mass is 16.1. The number of nitrogen functional groups attached to an aromatic ring is 1. The average molecular weight is 284 g/mol. The normalized spacial score (nSPS) is 16.0. The van der Waals surface area contributed by atoms with Gasteiger partial charge in [-0.2, -0.15) is 0 Å². The van der Waals surface area contributed by atoms with Crippen molar-refractivity contribution in [1.82, 2.24) is 14.9 Å². The largest absolute Gasteiger partial charge is 0.383 e. The summed E-state index contributed by atoms with van der Waals surface area (Å²) in [6.07, 6.45) is 6.07. The van der Waals surface area contributed by atoms with Gasteiger partial charge in [0, 0.05) is 30.4 Å². The molecule has 110 valence electrons. The predicted octanol–water partition coefficient (Wildman–Crippen LogP) is 1.82. The zero-order valence-corrected chi connectivity index (χ0v) is 12.0. The zero-order valence-electron chi connectivity index (χ0n) is 12.0. The highest BCUT2D eigenvalue weighted by Crippen LogP contribution is 2.22. The molecule has 5 nitrogen and oxygen atoms in total. The molecule has 1 fully saturated rings. The summed E-state index contributed by atoms with van der Waals surface area (Å²) in [5.41, 5.74) is 7.39. The first-order valence-electron chi connectivity index (χ1n) is 7.36. The van der Waals surface area contributed by atoms with Gasteiger partial charge in [-0.25, -0.2) is 4.98 Å². The third kappa shape index (κ3) is 2.97. The topological polar surface area (TPSA) is 72.9 Å². The SMILES string of the molecule is Nc1ncccc1CC(=O)c1cccn1C1CCNCC1. The third-order valence-electron chi connectivity index (χ3n) is 4.04. The van der Waals surface area contributed by atoms with Crippen LogP contribution in [0.15, 0.2) is 36.7 Å². The molecular formula is C16H20N4O. The van der Waals surface area contributed by atoms with Crippen molar-refractivity contribution in [2.75, 3.05) is 18.8 Å². The van der Waals surface area contributed by atoms with Crippen LogP contribution in [0.4, 0.5) is 5.82 Å². The smallest absolute Gasteiger partial charge is 0.183 e. The molecule has 0 amide bonds. The number of nitrogens with two attached hydrogens (primary N) is 1. The summed E-state index contributed by atoms with van der Waals surface area (Å²) in [5.74, 6) is 0.532. The zero-order chi connectivity index (χ0) is 14.7. The molecule has 0 aliphatic carbocycles. The first-order valence-corrected chi connectivity index (χ1v) is 7.36. The Bertz CT molecular complexity index is 629. The lowest BCUT2D eigenvalue weighted by molar-refractivity contribution is 0.0980. The maximum absolute atomic E-state index is 12.6. The predicted molar refractivity (Wildman–Crippen MR) is 82.3 cm³/mol. The van der Waals surface area contributed by atoms with Gasteiger partial charge in [-0.1, -0.05) is 6.07 Å². The van der Waals surface area contributed by atoms with Gasteiger partial charge in [0.05, 0.1) is 5.69 Å². The molecule has 0 unspecified atom stereocenters. The highest BCUT2D eigenvalue weighted by Gasteiger charge is 2.20. The summed E-state index contributed by atoms with van der Waals surface area (Å²) in [6.45, 7) is 2.01. The van der Waals surface area contributed by atoms with Gasteiger partial charge in [0.1, 0.15) is 5.82 Å². The fourth-order valence-corrected chi connectivity index (χ4v) is 2.90. The molecule has 1 aliphatic heterocycles. The number of nitrogens with zero attached hydrogens (tertiary/aromatic N) is 2. The van der Waals surface area contributed by atoms with Gasteiger partial charge in [0.25, 0.3) is 0 Å². The number of carbonyl (C=O) groups excluding carboxylic acids is 1. The van der Waals surface area contributed by atoms with Crippen molar-refractivity contribution < 1.29 is 4.79 Å². The summed E-state index contributed by atoms with van der Waals surface area (Å²) in [4.78, 5) is 16.6. The second-order valence-corrected chi connectivity index (χ2v) is 5.43. The van der Waals surface area contributed by atoms with E-state index in [9.17, 15) is 4.79 Å². The minimum Gasteiger partial charge on any atom is -0.383 e. The number of piperidine rings is 1. The second-order valence-electron chi connectivity index (χ2n) is 5.43. The van der Waals surface area contributed by atoms with Crippen molar-refractivity contribution in [3.05, 3.63) is 47.9 Å². The lowest BCUT2D eigenvalue weighted by Gasteiger charge is -2.25. The summed E-state index contributed by atoms with van der Waals surface area (Å²) in [6, 6.07) is 7.92. The minimum absolute atomic E-state index is 0.0956. The number of pyridine rings is 1. The molecular weight excluding hydrogens is 264 g/mol. The molecule has 0 radical (unpaired) electrons. The highest BCUT2D eigenvalue weighted by molar-refractivity contribution is 5.96. The van der Waals surface area contributed by atoms with Crippen LogP contribution >= 0.6 is 0 Å². The first kappa shape index (κ1) is 13.8. The molecule has 0 saturated carbocycles. The molecule has 3 rings (SSSR count). The quantitative estimate of drug-likeness (QED) is 0.840. The Balaban J connectivity index is 1.79. The first-order chi connectivity index (χ1) is 10.3. The summed E-state index contributed by atoms with van der Waals surface area (Å²) >= 11 is 0. The summed E-state index contributed by atoms with van der Waals surface area (Å²) < 4.78 is 2.12. The molecule has 1 saturated heterocycles. The van der Waals surface area contributed by atoms with Crippen molar-refractivity contribution >= 4 is 11.6 Å². The van der Waals surface area contributed by atoms with Crippen LogP contribution in [0, 0.1) is 0 Å². The number of Topliss-reactive ketones (excluding diaryl/α,β-unsaturated/α-hetero) is 1. The number of carbonyl (C=O) groups is 1. The maximum atomic E-state index is 12.6. The molecule has 0 atom stereocenters. The Kier molecular flexibility index (Phi) is 4.01. The van der Waals surface area contributed by atoms with Gasteiger partial charge in [0.15, 0.2) is 5.78 Å². The van der Waals surface area contributed by atoms with Crippen molar-refractivity contribution in [2.24, 2.45) is 0 Å². The van der Waals surface area contributed by atoms with Gasteiger partial charge < -0.3 is 15.6 Å². The minimum atomic E-state index is 0.0956. The van der Waals surface area contributed by atoms with Gasteiger partial charge in [-0.15, -0.1) is 0 Å². The van der Waals surface area contributed by atoms with Gasteiger partial charge in [0.2, 0.25) is 0 Å². The number of nitrogens with one attached hydrogen (secondary N) is 1. The van der Waals surface area contributed by atoms with Crippen LogP contribution in [-0.2, 0) is 6.42 Å². The molecule has 21 heavy (non-hydrogen) atoms. The van der Waals surface area contributed by atoms with Gasteiger partial charge in [-0.05, 0) is 44.1 Å². The number of ketones is 1. The van der Waals surface area contributed by atoms with Crippen LogP contribution in [-0.4, -0.2) is 28.4 Å². The van der Waals surface area contributed by atoms with E-state index >= 15 is 0 Å². The van der Waals surface area contributed by atoms with Crippen LogP contribution in [0.1, 0.15) is 34.9 Å². The van der Waals surface area contributed by atoms with Crippen molar-refractivity contribution in [3.8, 4) is 0 Å². The Labute approximate surface area is 124 Å². The van der Waals surface area contributed by atoms with Crippen molar-refractivity contribution in [2.45, 2.75) is 25.3 Å². The molecule has 0 bridgehead atoms. The van der Waals surface area contributed by atoms with Gasteiger partial charge >= 0.3 is 0 Å². The van der Waals surface area contributed by atoms with Crippen LogP contribution in [0.5, 0.6) is 0 Å². The number of aromatic nitrogens is 2. The Hall–Kier alpha value is -2.14. The van der Waals surface area contributed by atoms with E-state index in [4.69, 9.17) is 5.73 Å². The summed E-state index contributed by atoms with van der Waals surface area (Å²) in [7, 11) is 0. The lowest BCUT2D eigenvalue weighted by atomic mass is 10.0. The van der Waals surface area contributed by atoms with Crippen molar-refractivity contribution in [1.29, 1.82) is 0 Å².